The van der Waals surface area contributed by atoms with Gasteiger partial charge in [0.1, 0.15) is 0 Å². The highest BCUT2D eigenvalue weighted by Gasteiger charge is 2.13. The molecule has 0 aliphatic rings. The number of benzene rings is 2. The third-order valence-electron chi connectivity index (χ3n) is 2.51. The lowest BCUT2D eigenvalue weighted by molar-refractivity contribution is 0.0601. The highest BCUT2D eigenvalue weighted by molar-refractivity contribution is 9.10. The number of hydrogen-bond donors (Lipinski definition) is 1. The lowest BCUT2D eigenvalue weighted by Crippen LogP contribution is -2.06. The summed E-state index contributed by atoms with van der Waals surface area (Å²) in [6.07, 6.45) is 0. The lowest BCUT2D eigenvalue weighted by atomic mass is 10.2. The van der Waals surface area contributed by atoms with Gasteiger partial charge in [-0.15, -0.1) is 0 Å². The van der Waals surface area contributed by atoms with E-state index in [0.717, 1.165) is 14.3 Å². The highest BCUT2D eigenvalue weighted by Crippen LogP contribution is 2.34. The molecule has 0 unspecified atom stereocenters. The number of ether oxygens (including phenoxy) is 1. The summed E-state index contributed by atoms with van der Waals surface area (Å²) in [5, 5.41) is 0. The zero-order valence-electron chi connectivity index (χ0n) is 10.2. The average molecular weight is 338 g/mol. The van der Waals surface area contributed by atoms with Gasteiger partial charge in [0.15, 0.2) is 0 Å². The second-order valence-corrected chi connectivity index (χ2v) is 5.80. The van der Waals surface area contributed by atoms with Crippen molar-refractivity contribution in [2.75, 3.05) is 12.8 Å². The molecule has 0 spiro atoms. The Hall–Kier alpha value is -1.46. The second kappa shape index (κ2) is 6.12. The van der Waals surface area contributed by atoms with Crippen LogP contribution in [-0.4, -0.2) is 13.1 Å². The molecule has 0 aliphatic heterocycles. The molecule has 3 nitrogen and oxygen atoms in total. The van der Waals surface area contributed by atoms with Gasteiger partial charge >= 0.3 is 5.97 Å². The number of para-hydroxylation sites is 1. The van der Waals surface area contributed by atoms with Gasteiger partial charge in [0, 0.05) is 14.3 Å². The number of carbonyl (C=O) groups is 1. The van der Waals surface area contributed by atoms with E-state index in [0.29, 0.717) is 11.3 Å². The van der Waals surface area contributed by atoms with Crippen molar-refractivity contribution in [1.82, 2.24) is 0 Å². The minimum Gasteiger partial charge on any atom is -0.465 e. The molecule has 0 aromatic heterocycles. The number of esters is 1. The van der Waals surface area contributed by atoms with Gasteiger partial charge in [0.25, 0.3) is 0 Å². The maximum atomic E-state index is 11.6. The van der Waals surface area contributed by atoms with Gasteiger partial charge in [-0.2, -0.15) is 0 Å². The Balaban J connectivity index is 2.30. The standard InChI is InChI=1S/C14H12BrNO2S/c1-18-14(17)11-3-2-4-12(13(11)16)19-10-7-5-9(15)6-8-10/h2-8H,16H2,1H3. The van der Waals surface area contributed by atoms with Crippen molar-refractivity contribution >= 4 is 39.3 Å². The molecule has 2 aromatic rings. The number of methoxy groups -OCH3 is 1. The van der Waals surface area contributed by atoms with Crippen LogP contribution in [0.1, 0.15) is 10.4 Å². The number of nitrogen functional groups attached to an aromatic ring is 1. The summed E-state index contributed by atoms with van der Waals surface area (Å²) < 4.78 is 5.73. The Morgan fingerprint density at radius 3 is 2.53 bits per heavy atom. The molecule has 0 heterocycles. The van der Waals surface area contributed by atoms with Gasteiger partial charge in [-0.1, -0.05) is 33.8 Å². The fourth-order valence-electron chi connectivity index (χ4n) is 1.55. The molecule has 0 atom stereocenters. The van der Waals surface area contributed by atoms with Gasteiger partial charge in [-0.3, -0.25) is 0 Å². The molecule has 19 heavy (non-hydrogen) atoms. The highest BCUT2D eigenvalue weighted by atomic mass is 79.9. The number of nitrogens with two attached hydrogens (primary N) is 1. The molecule has 0 saturated heterocycles. The van der Waals surface area contributed by atoms with Crippen molar-refractivity contribution in [2.24, 2.45) is 0 Å². The van der Waals surface area contributed by atoms with Gasteiger partial charge in [0.2, 0.25) is 0 Å². The van der Waals surface area contributed by atoms with E-state index in [1.165, 1.54) is 18.9 Å². The lowest BCUT2D eigenvalue weighted by Gasteiger charge is -2.09. The Morgan fingerprint density at radius 1 is 1.21 bits per heavy atom. The van der Waals surface area contributed by atoms with E-state index in [2.05, 4.69) is 15.9 Å². The van der Waals surface area contributed by atoms with E-state index in [1.807, 2.05) is 30.3 Å². The van der Waals surface area contributed by atoms with Crippen molar-refractivity contribution in [3.8, 4) is 0 Å². The van der Waals surface area contributed by atoms with Gasteiger partial charge < -0.3 is 10.5 Å². The number of carbonyl (C=O) groups excluding carboxylic acids is 1. The number of hydrogen-bond acceptors (Lipinski definition) is 4. The van der Waals surface area contributed by atoms with E-state index in [1.54, 1.807) is 12.1 Å². The average Bonchev–Trinajstić information content (AvgIpc) is 2.43. The first-order valence-electron chi connectivity index (χ1n) is 5.52. The van der Waals surface area contributed by atoms with E-state index in [4.69, 9.17) is 10.5 Å². The molecule has 0 saturated carbocycles. The maximum Gasteiger partial charge on any atom is 0.339 e. The quantitative estimate of drug-likeness (QED) is 0.680. The van der Waals surface area contributed by atoms with Gasteiger partial charge in [-0.05, 0) is 36.4 Å². The zero-order chi connectivity index (χ0) is 13.8. The molecule has 0 bridgehead atoms. The van der Waals surface area contributed by atoms with Crippen LogP contribution in [0.5, 0.6) is 0 Å². The van der Waals surface area contributed by atoms with Crippen molar-refractivity contribution in [2.45, 2.75) is 9.79 Å². The summed E-state index contributed by atoms with van der Waals surface area (Å²) >= 11 is 4.90. The van der Waals surface area contributed by atoms with Crippen molar-refractivity contribution < 1.29 is 9.53 Å². The molecular weight excluding hydrogens is 326 g/mol. The topological polar surface area (TPSA) is 52.3 Å². The second-order valence-electron chi connectivity index (χ2n) is 3.76. The van der Waals surface area contributed by atoms with Crippen LogP contribution in [-0.2, 0) is 4.74 Å². The largest absolute Gasteiger partial charge is 0.465 e. The van der Waals surface area contributed by atoms with Crippen LogP contribution in [0.4, 0.5) is 5.69 Å². The molecule has 0 amide bonds. The van der Waals surface area contributed by atoms with Gasteiger partial charge in [0.05, 0.1) is 18.4 Å². The first kappa shape index (κ1) is 14.0. The van der Waals surface area contributed by atoms with Crippen molar-refractivity contribution in [1.29, 1.82) is 0 Å². The van der Waals surface area contributed by atoms with E-state index in [9.17, 15) is 4.79 Å². The van der Waals surface area contributed by atoms with Crippen LogP contribution < -0.4 is 5.73 Å². The SMILES string of the molecule is COC(=O)c1cccc(Sc2ccc(Br)cc2)c1N. The van der Waals surface area contributed by atoms with E-state index in [-0.39, 0.29) is 0 Å². The van der Waals surface area contributed by atoms with Crippen LogP contribution in [0, 0.1) is 0 Å². The molecule has 2 N–H and O–H groups in total. The number of rotatable bonds is 3. The van der Waals surface area contributed by atoms with Gasteiger partial charge in [-0.25, -0.2) is 4.79 Å². The van der Waals surface area contributed by atoms with E-state index >= 15 is 0 Å². The summed E-state index contributed by atoms with van der Waals surface area (Å²) in [5.74, 6) is -0.421. The fourth-order valence-corrected chi connectivity index (χ4v) is 2.71. The molecule has 0 radical (unpaired) electrons. The number of anilines is 1. The summed E-state index contributed by atoms with van der Waals surface area (Å²) in [6.45, 7) is 0. The van der Waals surface area contributed by atoms with Crippen molar-refractivity contribution in [3.05, 3.63) is 52.5 Å². The third-order valence-corrected chi connectivity index (χ3v) is 4.13. The maximum absolute atomic E-state index is 11.6. The monoisotopic (exact) mass is 337 g/mol. The third kappa shape index (κ3) is 3.30. The van der Waals surface area contributed by atoms with Crippen LogP contribution in [0.2, 0.25) is 0 Å². The first-order chi connectivity index (χ1) is 9.11. The Kier molecular flexibility index (Phi) is 4.50. The molecule has 2 rings (SSSR count). The summed E-state index contributed by atoms with van der Waals surface area (Å²) in [4.78, 5) is 13.5. The summed E-state index contributed by atoms with van der Waals surface area (Å²) in [6, 6.07) is 13.2. The Labute approximate surface area is 124 Å². The van der Waals surface area contributed by atoms with Crippen molar-refractivity contribution in [3.63, 3.8) is 0 Å². The summed E-state index contributed by atoms with van der Waals surface area (Å²) in [7, 11) is 1.34. The minimum atomic E-state index is -0.421. The van der Waals surface area contributed by atoms with Crippen LogP contribution in [0.3, 0.4) is 0 Å². The minimum absolute atomic E-state index is 0.393. The molecule has 98 valence electrons. The smallest absolute Gasteiger partial charge is 0.339 e. The fraction of sp³-hybridized carbons (Fsp3) is 0.0714. The zero-order valence-corrected chi connectivity index (χ0v) is 12.6. The molecule has 2 aromatic carbocycles. The normalized spacial score (nSPS) is 10.2. The molecule has 5 heteroatoms. The Morgan fingerprint density at radius 2 is 1.89 bits per heavy atom. The first-order valence-corrected chi connectivity index (χ1v) is 7.13. The molecule has 0 fully saturated rings. The molecular formula is C14H12BrNO2S. The van der Waals surface area contributed by atoms with Crippen LogP contribution in [0.15, 0.2) is 56.7 Å². The number of halogens is 1. The van der Waals surface area contributed by atoms with E-state index < -0.39 is 5.97 Å². The molecule has 0 aliphatic carbocycles. The predicted octanol–water partition coefficient (Wildman–Crippen LogP) is 3.97. The predicted molar refractivity (Wildman–Crippen MR) is 80.5 cm³/mol. The Bertz CT molecular complexity index is 599. The van der Waals surface area contributed by atoms with Crippen LogP contribution >= 0.6 is 27.7 Å². The van der Waals surface area contributed by atoms with Crippen LogP contribution in [0.25, 0.3) is 0 Å². The summed E-state index contributed by atoms with van der Waals surface area (Å²) in [5.41, 5.74) is 6.85.